The average Bonchev–Trinajstić information content (AvgIpc) is 2.69. The molecule has 2 rings (SSSR count). The van der Waals surface area contributed by atoms with Gasteiger partial charge in [0.2, 0.25) is 11.8 Å². The van der Waals surface area contributed by atoms with Crippen molar-refractivity contribution in [2.24, 2.45) is 11.7 Å². The first-order valence-corrected chi connectivity index (χ1v) is 9.61. The Morgan fingerprint density at radius 1 is 1.30 bits per heavy atom. The highest BCUT2D eigenvalue weighted by Crippen LogP contribution is 2.19. The van der Waals surface area contributed by atoms with E-state index in [9.17, 15) is 9.59 Å². The predicted molar refractivity (Wildman–Crippen MR) is 109 cm³/mol. The Bertz CT molecular complexity index is 580. The van der Waals surface area contributed by atoms with Crippen LogP contribution in [0.2, 0.25) is 0 Å². The fourth-order valence-electron chi connectivity index (χ4n) is 3.14. The minimum absolute atomic E-state index is 0. The van der Waals surface area contributed by atoms with Crippen LogP contribution in [0, 0.1) is 5.92 Å². The molecule has 1 fully saturated rings. The predicted octanol–water partition coefficient (Wildman–Crippen LogP) is 2.14. The number of rotatable bonds is 9. The number of amides is 2. The number of hydrogen-bond acceptors (Lipinski definition) is 4. The molecule has 1 saturated heterocycles. The zero-order valence-electron chi connectivity index (χ0n) is 16.1. The van der Waals surface area contributed by atoms with E-state index in [-0.39, 0.29) is 30.1 Å². The van der Waals surface area contributed by atoms with E-state index in [1.54, 1.807) is 0 Å². The summed E-state index contributed by atoms with van der Waals surface area (Å²) in [6, 6.07) is 7.93. The summed E-state index contributed by atoms with van der Waals surface area (Å²) in [5.41, 5.74) is 6.54. The topological polar surface area (TPSA) is 84.7 Å². The van der Waals surface area contributed by atoms with Gasteiger partial charge in [-0.05, 0) is 43.4 Å². The molecule has 2 amide bonds. The molecule has 1 aliphatic heterocycles. The second-order valence-electron chi connectivity index (χ2n) is 6.75. The van der Waals surface area contributed by atoms with Crippen molar-refractivity contribution >= 4 is 24.2 Å². The van der Waals surface area contributed by atoms with E-state index < -0.39 is 0 Å². The summed E-state index contributed by atoms with van der Waals surface area (Å²) in [6.45, 7) is 4.97. The fraction of sp³-hybridized carbons (Fsp3) is 0.600. The molecule has 1 heterocycles. The first-order chi connectivity index (χ1) is 12.6. The van der Waals surface area contributed by atoms with Crippen LogP contribution < -0.4 is 15.8 Å². The van der Waals surface area contributed by atoms with Crippen LogP contribution in [-0.2, 0) is 16.0 Å². The number of aryl methyl sites for hydroxylation is 1. The Kier molecular flexibility index (Phi) is 10.8. The van der Waals surface area contributed by atoms with E-state index in [1.807, 2.05) is 29.2 Å². The van der Waals surface area contributed by atoms with Gasteiger partial charge in [-0.15, -0.1) is 12.4 Å². The molecular weight excluding hydrogens is 366 g/mol. The normalized spacial score (nSPS) is 16.4. The quantitative estimate of drug-likeness (QED) is 0.668. The number of carbonyl (C=O) groups excluding carboxylic acids is 2. The van der Waals surface area contributed by atoms with Gasteiger partial charge < -0.3 is 20.7 Å². The zero-order valence-corrected chi connectivity index (χ0v) is 16.9. The van der Waals surface area contributed by atoms with Gasteiger partial charge in [0.1, 0.15) is 5.75 Å². The highest BCUT2D eigenvalue weighted by atomic mass is 35.5. The fourth-order valence-corrected chi connectivity index (χ4v) is 3.14. The highest BCUT2D eigenvalue weighted by molar-refractivity contribution is 5.85. The maximum Gasteiger partial charge on any atom is 0.224 e. The second-order valence-corrected chi connectivity index (χ2v) is 6.75. The lowest BCUT2D eigenvalue weighted by molar-refractivity contribution is -0.135. The molecule has 152 valence electrons. The SMILES string of the molecule is CCCOc1ccc(CCC(=O)N2CCCC(C(=O)NCCN)C2)cc1.Cl. The number of carbonyl (C=O) groups is 2. The maximum absolute atomic E-state index is 12.5. The van der Waals surface area contributed by atoms with Crippen molar-refractivity contribution in [1.82, 2.24) is 10.2 Å². The van der Waals surface area contributed by atoms with Crippen LogP contribution in [0.4, 0.5) is 0 Å². The Morgan fingerprint density at radius 3 is 2.70 bits per heavy atom. The van der Waals surface area contributed by atoms with Gasteiger partial charge >= 0.3 is 0 Å². The number of likely N-dealkylation sites (tertiary alicyclic amines) is 1. The van der Waals surface area contributed by atoms with Gasteiger partial charge in [-0.25, -0.2) is 0 Å². The Balaban J connectivity index is 0.00000364. The molecule has 0 aliphatic carbocycles. The molecule has 0 aromatic heterocycles. The van der Waals surface area contributed by atoms with Crippen molar-refractivity contribution in [2.75, 3.05) is 32.8 Å². The van der Waals surface area contributed by atoms with Gasteiger partial charge in [-0.1, -0.05) is 19.1 Å². The summed E-state index contributed by atoms with van der Waals surface area (Å²) < 4.78 is 5.57. The highest BCUT2D eigenvalue weighted by Gasteiger charge is 2.27. The third-order valence-electron chi connectivity index (χ3n) is 4.61. The summed E-state index contributed by atoms with van der Waals surface area (Å²) >= 11 is 0. The Morgan fingerprint density at radius 2 is 2.04 bits per heavy atom. The van der Waals surface area contributed by atoms with E-state index in [4.69, 9.17) is 10.5 Å². The summed E-state index contributed by atoms with van der Waals surface area (Å²) in [5.74, 6) is 0.877. The molecule has 1 unspecified atom stereocenters. The summed E-state index contributed by atoms with van der Waals surface area (Å²) in [7, 11) is 0. The number of benzene rings is 1. The molecule has 3 N–H and O–H groups in total. The zero-order chi connectivity index (χ0) is 18.8. The number of piperidine rings is 1. The number of nitrogens with one attached hydrogen (secondary N) is 1. The summed E-state index contributed by atoms with van der Waals surface area (Å²) in [5, 5.41) is 2.83. The van der Waals surface area contributed by atoms with Crippen LogP contribution >= 0.6 is 12.4 Å². The van der Waals surface area contributed by atoms with Crippen molar-refractivity contribution in [3.8, 4) is 5.75 Å². The second kappa shape index (κ2) is 12.6. The third-order valence-corrected chi connectivity index (χ3v) is 4.61. The van der Waals surface area contributed by atoms with Crippen molar-refractivity contribution in [3.05, 3.63) is 29.8 Å². The lowest BCUT2D eigenvalue weighted by Gasteiger charge is -2.32. The van der Waals surface area contributed by atoms with Gasteiger partial charge in [0.15, 0.2) is 0 Å². The molecule has 1 atom stereocenters. The van der Waals surface area contributed by atoms with Crippen molar-refractivity contribution in [1.29, 1.82) is 0 Å². The molecule has 7 heteroatoms. The van der Waals surface area contributed by atoms with Crippen molar-refractivity contribution in [2.45, 2.75) is 39.0 Å². The molecule has 1 aromatic carbocycles. The number of hydrogen-bond donors (Lipinski definition) is 2. The van der Waals surface area contributed by atoms with Gasteiger partial charge in [0, 0.05) is 32.6 Å². The largest absolute Gasteiger partial charge is 0.494 e. The molecule has 6 nitrogen and oxygen atoms in total. The molecular formula is C20H32ClN3O3. The third kappa shape index (κ3) is 7.77. The van der Waals surface area contributed by atoms with Crippen molar-refractivity contribution in [3.63, 3.8) is 0 Å². The Labute approximate surface area is 168 Å². The summed E-state index contributed by atoms with van der Waals surface area (Å²) in [6.07, 6.45) is 3.85. The van der Waals surface area contributed by atoms with Crippen LogP contribution in [0.25, 0.3) is 0 Å². The minimum Gasteiger partial charge on any atom is -0.494 e. The number of ether oxygens (including phenoxy) is 1. The monoisotopic (exact) mass is 397 g/mol. The molecule has 0 radical (unpaired) electrons. The molecule has 27 heavy (non-hydrogen) atoms. The number of nitrogens with zero attached hydrogens (tertiary/aromatic N) is 1. The number of nitrogens with two attached hydrogens (primary N) is 1. The minimum atomic E-state index is -0.116. The van der Waals surface area contributed by atoms with Crippen LogP contribution in [0.1, 0.15) is 38.2 Å². The maximum atomic E-state index is 12.5. The Hall–Kier alpha value is -1.79. The van der Waals surface area contributed by atoms with Crippen LogP contribution in [0.3, 0.4) is 0 Å². The van der Waals surface area contributed by atoms with E-state index in [1.165, 1.54) is 0 Å². The van der Waals surface area contributed by atoms with Crippen molar-refractivity contribution < 1.29 is 14.3 Å². The first kappa shape index (κ1) is 23.2. The average molecular weight is 398 g/mol. The smallest absolute Gasteiger partial charge is 0.224 e. The number of halogens is 1. The summed E-state index contributed by atoms with van der Waals surface area (Å²) in [4.78, 5) is 26.4. The standard InChI is InChI=1S/C20H31N3O3.ClH/c1-2-14-26-18-8-5-16(6-9-18)7-10-19(24)23-13-3-4-17(15-23)20(25)22-12-11-21;/h5-6,8-9,17H,2-4,7,10-15,21H2,1H3,(H,22,25);1H. The molecule has 0 spiro atoms. The van der Waals surface area contributed by atoms with E-state index in [0.29, 0.717) is 39.1 Å². The van der Waals surface area contributed by atoms with Gasteiger partial charge in [0.05, 0.1) is 12.5 Å². The van der Waals surface area contributed by atoms with Crippen LogP contribution in [0.15, 0.2) is 24.3 Å². The van der Waals surface area contributed by atoms with Gasteiger partial charge in [-0.3, -0.25) is 9.59 Å². The molecule has 0 bridgehead atoms. The van der Waals surface area contributed by atoms with Gasteiger partial charge in [0.25, 0.3) is 0 Å². The van der Waals surface area contributed by atoms with Crippen LogP contribution in [-0.4, -0.2) is 49.5 Å². The molecule has 0 saturated carbocycles. The lowest BCUT2D eigenvalue weighted by atomic mass is 9.96. The van der Waals surface area contributed by atoms with E-state index in [2.05, 4.69) is 12.2 Å². The van der Waals surface area contributed by atoms with E-state index in [0.717, 1.165) is 37.1 Å². The lowest BCUT2D eigenvalue weighted by Crippen LogP contribution is -2.46. The molecule has 1 aliphatic rings. The van der Waals surface area contributed by atoms with Crippen LogP contribution in [0.5, 0.6) is 5.75 Å². The first-order valence-electron chi connectivity index (χ1n) is 9.61. The van der Waals surface area contributed by atoms with E-state index >= 15 is 0 Å². The van der Waals surface area contributed by atoms with Gasteiger partial charge in [-0.2, -0.15) is 0 Å². The molecule has 1 aromatic rings.